The SMILES string of the molecule is CCCNCc1ncc(-c2cc(Cl)sc2Cl)[nH]1. The molecule has 3 nitrogen and oxygen atoms in total. The molecule has 0 fully saturated rings. The molecule has 0 aromatic carbocycles. The van der Waals surface area contributed by atoms with Crippen LogP contribution in [-0.2, 0) is 6.54 Å². The van der Waals surface area contributed by atoms with E-state index in [1.807, 2.05) is 6.07 Å². The van der Waals surface area contributed by atoms with E-state index in [0.717, 1.165) is 36.6 Å². The second kappa shape index (κ2) is 5.87. The number of thiophene rings is 1. The van der Waals surface area contributed by atoms with Gasteiger partial charge in [0.15, 0.2) is 0 Å². The molecule has 0 amide bonds. The summed E-state index contributed by atoms with van der Waals surface area (Å²) in [4.78, 5) is 7.53. The predicted molar refractivity (Wildman–Crippen MR) is 73.9 cm³/mol. The van der Waals surface area contributed by atoms with Crippen molar-refractivity contribution >= 4 is 34.5 Å². The van der Waals surface area contributed by atoms with Crippen LogP contribution < -0.4 is 5.32 Å². The van der Waals surface area contributed by atoms with Crippen LogP contribution in [-0.4, -0.2) is 16.5 Å². The lowest BCUT2D eigenvalue weighted by Gasteiger charge is -1.98. The molecular formula is C11H13Cl2N3S. The number of imidazole rings is 1. The molecule has 2 N–H and O–H groups in total. The van der Waals surface area contributed by atoms with E-state index < -0.39 is 0 Å². The van der Waals surface area contributed by atoms with Gasteiger partial charge in [0.2, 0.25) is 0 Å². The molecule has 92 valence electrons. The van der Waals surface area contributed by atoms with E-state index >= 15 is 0 Å². The van der Waals surface area contributed by atoms with Gasteiger partial charge < -0.3 is 10.3 Å². The van der Waals surface area contributed by atoms with Crippen molar-refractivity contribution in [3.8, 4) is 11.3 Å². The number of halogens is 2. The molecule has 0 radical (unpaired) electrons. The van der Waals surface area contributed by atoms with Crippen LogP contribution in [0.1, 0.15) is 19.2 Å². The van der Waals surface area contributed by atoms with Gasteiger partial charge in [-0.2, -0.15) is 0 Å². The molecule has 6 heteroatoms. The van der Waals surface area contributed by atoms with Gasteiger partial charge in [0, 0.05) is 5.56 Å². The minimum atomic E-state index is 0.685. The highest BCUT2D eigenvalue weighted by Crippen LogP contribution is 2.37. The van der Waals surface area contributed by atoms with E-state index in [9.17, 15) is 0 Å². The first-order valence-electron chi connectivity index (χ1n) is 5.40. The van der Waals surface area contributed by atoms with Gasteiger partial charge in [-0.25, -0.2) is 4.98 Å². The second-order valence-electron chi connectivity index (χ2n) is 3.66. The van der Waals surface area contributed by atoms with Crippen LogP contribution in [0, 0.1) is 0 Å². The van der Waals surface area contributed by atoms with Gasteiger partial charge in [0.25, 0.3) is 0 Å². The van der Waals surface area contributed by atoms with Gasteiger partial charge in [-0.3, -0.25) is 0 Å². The molecule has 0 saturated heterocycles. The van der Waals surface area contributed by atoms with Crippen molar-refractivity contribution in [1.29, 1.82) is 0 Å². The summed E-state index contributed by atoms with van der Waals surface area (Å²) in [7, 11) is 0. The summed E-state index contributed by atoms with van der Waals surface area (Å²) < 4.78 is 1.37. The zero-order valence-electron chi connectivity index (χ0n) is 9.39. The zero-order chi connectivity index (χ0) is 12.3. The number of nitrogens with one attached hydrogen (secondary N) is 2. The van der Waals surface area contributed by atoms with E-state index in [4.69, 9.17) is 23.2 Å². The molecule has 2 rings (SSSR count). The van der Waals surface area contributed by atoms with Crippen molar-refractivity contribution in [2.45, 2.75) is 19.9 Å². The smallest absolute Gasteiger partial charge is 0.120 e. The molecule has 0 aliphatic rings. The number of H-pyrrole nitrogens is 1. The Morgan fingerprint density at radius 1 is 1.47 bits per heavy atom. The average Bonchev–Trinajstić information content (AvgIpc) is 2.86. The molecule has 0 unspecified atom stereocenters. The van der Waals surface area contributed by atoms with Gasteiger partial charge in [0.05, 0.1) is 22.8 Å². The number of hydrogen-bond donors (Lipinski definition) is 2. The van der Waals surface area contributed by atoms with Crippen LogP contribution in [0.2, 0.25) is 8.67 Å². The van der Waals surface area contributed by atoms with Crippen LogP contribution in [0.5, 0.6) is 0 Å². The summed E-state index contributed by atoms with van der Waals surface area (Å²) in [6.07, 6.45) is 2.90. The van der Waals surface area contributed by atoms with Gasteiger partial charge in [-0.05, 0) is 19.0 Å². The van der Waals surface area contributed by atoms with E-state index in [2.05, 4.69) is 22.2 Å². The van der Waals surface area contributed by atoms with Crippen LogP contribution in [0.15, 0.2) is 12.3 Å². The number of hydrogen-bond acceptors (Lipinski definition) is 3. The Labute approximate surface area is 114 Å². The molecule has 0 saturated carbocycles. The molecule has 2 aromatic rings. The highest BCUT2D eigenvalue weighted by atomic mass is 35.5. The largest absolute Gasteiger partial charge is 0.341 e. The fraction of sp³-hybridized carbons (Fsp3) is 0.364. The van der Waals surface area contributed by atoms with Gasteiger partial charge in [-0.1, -0.05) is 30.1 Å². The van der Waals surface area contributed by atoms with Crippen molar-refractivity contribution in [2.75, 3.05) is 6.54 Å². The first kappa shape index (κ1) is 12.9. The lowest BCUT2D eigenvalue weighted by molar-refractivity contribution is 0.655. The summed E-state index contributed by atoms with van der Waals surface area (Å²) in [5.74, 6) is 0.909. The van der Waals surface area contributed by atoms with Crippen LogP contribution in [0.4, 0.5) is 0 Å². The number of aromatic amines is 1. The normalized spacial score (nSPS) is 11.0. The minimum absolute atomic E-state index is 0.685. The molecule has 0 bridgehead atoms. The maximum atomic E-state index is 6.09. The molecule has 0 aliphatic heterocycles. The Balaban J connectivity index is 2.10. The van der Waals surface area contributed by atoms with E-state index in [1.54, 1.807) is 6.20 Å². The summed E-state index contributed by atoms with van der Waals surface area (Å²) >= 11 is 13.4. The van der Waals surface area contributed by atoms with E-state index in [-0.39, 0.29) is 0 Å². The number of rotatable bonds is 5. The third-order valence-electron chi connectivity index (χ3n) is 2.29. The highest BCUT2D eigenvalue weighted by Gasteiger charge is 2.10. The Hall–Kier alpha value is -0.550. The first-order chi connectivity index (χ1) is 8.20. The van der Waals surface area contributed by atoms with Crippen LogP contribution >= 0.6 is 34.5 Å². The number of nitrogens with zero attached hydrogens (tertiary/aromatic N) is 1. The van der Waals surface area contributed by atoms with Gasteiger partial charge in [-0.15, -0.1) is 11.3 Å². The summed E-state index contributed by atoms with van der Waals surface area (Å²) in [6.45, 7) is 3.86. The van der Waals surface area contributed by atoms with Crippen molar-refractivity contribution in [2.24, 2.45) is 0 Å². The molecule has 0 spiro atoms. The minimum Gasteiger partial charge on any atom is -0.341 e. The second-order valence-corrected chi connectivity index (χ2v) is 5.94. The predicted octanol–water partition coefficient (Wildman–Crippen LogP) is 3.94. The molecular weight excluding hydrogens is 277 g/mol. The standard InChI is InChI=1S/C11H13Cl2N3S/c1-2-3-14-6-10-15-5-8(16-10)7-4-9(12)17-11(7)13/h4-5,14H,2-3,6H2,1H3,(H,15,16). The maximum Gasteiger partial charge on any atom is 0.120 e. The molecule has 2 aromatic heterocycles. The number of aromatic nitrogens is 2. The molecule has 17 heavy (non-hydrogen) atoms. The quantitative estimate of drug-likeness (QED) is 0.819. The third-order valence-corrected chi connectivity index (χ3v) is 3.78. The topological polar surface area (TPSA) is 40.7 Å². The van der Waals surface area contributed by atoms with Crippen molar-refractivity contribution in [1.82, 2.24) is 15.3 Å². The lowest BCUT2D eigenvalue weighted by atomic mass is 10.3. The van der Waals surface area contributed by atoms with E-state index in [0.29, 0.717) is 8.67 Å². The van der Waals surface area contributed by atoms with Crippen LogP contribution in [0.25, 0.3) is 11.3 Å². The Bertz CT molecular complexity index is 493. The van der Waals surface area contributed by atoms with Crippen LogP contribution in [0.3, 0.4) is 0 Å². The molecule has 2 heterocycles. The van der Waals surface area contributed by atoms with Gasteiger partial charge >= 0.3 is 0 Å². The van der Waals surface area contributed by atoms with Gasteiger partial charge in [0.1, 0.15) is 10.2 Å². The Morgan fingerprint density at radius 3 is 2.94 bits per heavy atom. The fourth-order valence-electron chi connectivity index (χ4n) is 1.50. The summed E-state index contributed by atoms with van der Waals surface area (Å²) in [6, 6.07) is 1.85. The van der Waals surface area contributed by atoms with Crippen molar-refractivity contribution < 1.29 is 0 Å². The Morgan fingerprint density at radius 2 is 2.29 bits per heavy atom. The zero-order valence-corrected chi connectivity index (χ0v) is 11.7. The first-order valence-corrected chi connectivity index (χ1v) is 6.97. The molecule has 0 aliphatic carbocycles. The van der Waals surface area contributed by atoms with Crippen molar-refractivity contribution in [3.05, 3.63) is 26.8 Å². The molecule has 0 atom stereocenters. The lowest BCUT2D eigenvalue weighted by Crippen LogP contribution is -2.14. The highest BCUT2D eigenvalue weighted by molar-refractivity contribution is 7.20. The van der Waals surface area contributed by atoms with Crippen molar-refractivity contribution in [3.63, 3.8) is 0 Å². The average molecular weight is 290 g/mol. The maximum absolute atomic E-state index is 6.09. The monoisotopic (exact) mass is 289 g/mol. The van der Waals surface area contributed by atoms with E-state index in [1.165, 1.54) is 11.3 Å². The summed E-state index contributed by atoms with van der Waals surface area (Å²) in [5.41, 5.74) is 1.82. The Kier molecular flexibility index (Phi) is 4.45. The summed E-state index contributed by atoms with van der Waals surface area (Å²) in [5, 5.41) is 3.29. The fourth-order valence-corrected chi connectivity index (χ4v) is 2.99. The third kappa shape index (κ3) is 3.22.